The molecule has 8 heteroatoms. The summed E-state index contributed by atoms with van der Waals surface area (Å²) in [7, 11) is 0. The van der Waals surface area contributed by atoms with Crippen molar-refractivity contribution in [2.45, 2.75) is 13.5 Å². The minimum absolute atomic E-state index is 0.0894. The zero-order valence-corrected chi connectivity index (χ0v) is 14.1. The molecule has 1 aliphatic heterocycles. The van der Waals surface area contributed by atoms with Crippen LogP contribution in [0.25, 0.3) is 0 Å². The summed E-state index contributed by atoms with van der Waals surface area (Å²) in [4.78, 5) is 20.2. The van der Waals surface area contributed by atoms with Crippen LogP contribution in [-0.2, 0) is 6.54 Å². The van der Waals surface area contributed by atoms with E-state index in [9.17, 15) is 4.79 Å². The molecule has 0 spiro atoms. The lowest BCUT2D eigenvalue weighted by atomic mass is 10.2. The van der Waals surface area contributed by atoms with Crippen molar-refractivity contribution in [2.24, 2.45) is 0 Å². The number of halogens is 1. The van der Waals surface area contributed by atoms with Crippen LogP contribution in [0.1, 0.15) is 12.5 Å². The number of hydrogen-bond donors (Lipinski definition) is 0. The van der Waals surface area contributed by atoms with E-state index in [4.69, 9.17) is 16.9 Å². The van der Waals surface area contributed by atoms with Gasteiger partial charge in [-0.15, -0.1) is 0 Å². The van der Waals surface area contributed by atoms with Crippen molar-refractivity contribution >= 4 is 23.2 Å². The van der Waals surface area contributed by atoms with Crippen LogP contribution < -0.4 is 15.4 Å². The highest BCUT2D eigenvalue weighted by Gasteiger charge is 2.21. The molecule has 3 rings (SSSR count). The Bertz CT molecular complexity index is 835. The summed E-state index contributed by atoms with van der Waals surface area (Å²) in [5.41, 5.74) is 0.363. The molecule has 0 amide bonds. The van der Waals surface area contributed by atoms with Crippen LogP contribution >= 0.6 is 11.6 Å². The first-order chi connectivity index (χ1) is 11.6. The number of nitrogens with zero attached hydrogens (tertiary/aromatic N) is 6. The van der Waals surface area contributed by atoms with Crippen molar-refractivity contribution in [1.82, 2.24) is 14.8 Å². The SMILES string of the molecule is CCn1nc(N2CCN(c3ncc(C#N)cc3Cl)CC2)ccc1=O. The van der Waals surface area contributed by atoms with Crippen LogP contribution in [0.5, 0.6) is 0 Å². The van der Waals surface area contributed by atoms with Crippen LogP contribution in [0.3, 0.4) is 0 Å². The van der Waals surface area contributed by atoms with Gasteiger partial charge in [-0.05, 0) is 19.1 Å². The van der Waals surface area contributed by atoms with Crippen molar-refractivity contribution in [3.05, 3.63) is 45.3 Å². The van der Waals surface area contributed by atoms with Gasteiger partial charge < -0.3 is 9.80 Å². The molecular weight excluding hydrogens is 328 g/mol. The van der Waals surface area contributed by atoms with Gasteiger partial charge in [0.25, 0.3) is 5.56 Å². The topological polar surface area (TPSA) is 78.1 Å². The highest BCUT2D eigenvalue weighted by Crippen LogP contribution is 2.25. The molecule has 2 aromatic rings. The van der Waals surface area contributed by atoms with Crippen molar-refractivity contribution < 1.29 is 0 Å². The summed E-state index contributed by atoms with van der Waals surface area (Å²) in [6.07, 6.45) is 1.53. The lowest BCUT2D eigenvalue weighted by Crippen LogP contribution is -2.47. The number of aryl methyl sites for hydroxylation is 1. The first-order valence-corrected chi connectivity index (χ1v) is 8.14. The molecule has 0 saturated carbocycles. The number of pyridine rings is 1. The Labute approximate surface area is 144 Å². The van der Waals surface area contributed by atoms with E-state index in [1.807, 2.05) is 13.0 Å². The third-order valence-electron chi connectivity index (χ3n) is 4.01. The summed E-state index contributed by atoms with van der Waals surface area (Å²) >= 11 is 6.23. The van der Waals surface area contributed by atoms with E-state index in [0.717, 1.165) is 32.0 Å². The molecule has 2 aromatic heterocycles. The van der Waals surface area contributed by atoms with Gasteiger partial charge in [0.2, 0.25) is 0 Å². The smallest absolute Gasteiger partial charge is 0.266 e. The molecule has 3 heterocycles. The normalized spacial score (nSPS) is 14.5. The second-order valence-electron chi connectivity index (χ2n) is 5.46. The van der Waals surface area contributed by atoms with E-state index in [0.29, 0.717) is 22.9 Å². The maximum absolute atomic E-state index is 11.6. The summed E-state index contributed by atoms with van der Waals surface area (Å²) in [5, 5.41) is 13.8. The number of piperazine rings is 1. The second kappa shape index (κ2) is 6.89. The average Bonchev–Trinajstić information content (AvgIpc) is 2.62. The Hall–Kier alpha value is -2.59. The zero-order valence-electron chi connectivity index (χ0n) is 13.3. The number of anilines is 2. The van der Waals surface area contributed by atoms with E-state index in [1.54, 1.807) is 18.2 Å². The second-order valence-corrected chi connectivity index (χ2v) is 5.87. The molecule has 124 valence electrons. The minimum Gasteiger partial charge on any atom is -0.352 e. The number of nitriles is 1. The van der Waals surface area contributed by atoms with E-state index < -0.39 is 0 Å². The van der Waals surface area contributed by atoms with Crippen molar-refractivity contribution in [2.75, 3.05) is 36.0 Å². The molecule has 1 saturated heterocycles. The van der Waals surface area contributed by atoms with Gasteiger partial charge in [-0.3, -0.25) is 4.79 Å². The van der Waals surface area contributed by atoms with Gasteiger partial charge in [0.15, 0.2) is 0 Å². The summed E-state index contributed by atoms with van der Waals surface area (Å²) in [6, 6.07) is 6.98. The van der Waals surface area contributed by atoms with Crippen molar-refractivity contribution in [3.63, 3.8) is 0 Å². The fraction of sp³-hybridized carbons (Fsp3) is 0.375. The molecule has 24 heavy (non-hydrogen) atoms. The van der Waals surface area contributed by atoms with E-state index >= 15 is 0 Å². The number of aromatic nitrogens is 3. The predicted octanol–water partition coefficient (Wildman–Crippen LogP) is 1.51. The standard InChI is InChI=1S/C16H17ClN6O/c1-2-23-15(24)4-3-14(20-23)21-5-7-22(8-6-21)16-13(17)9-12(10-18)11-19-16/h3-4,9,11H,2,5-8H2,1H3. The van der Waals surface area contributed by atoms with Gasteiger partial charge in [-0.2, -0.15) is 10.4 Å². The van der Waals surface area contributed by atoms with Crippen LogP contribution in [0.4, 0.5) is 11.6 Å². The summed E-state index contributed by atoms with van der Waals surface area (Å²) < 4.78 is 1.46. The maximum atomic E-state index is 11.6. The van der Waals surface area contributed by atoms with Crippen LogP contribution in [0, 0.1) is 11.3 Å². The van der Waals surface area contributed by atoms with Gasteiger partial charge in [0.05, 0.1) is 10.6 Å². The quantitative estimate of drug-likeness (QED) is 0.840. The van der Waals surface area contributed by atoms with Gasteiger partial charge in [0.1, 0.15) is 17.7 Å². The Morgan fingerprint density at radius 2 is 1.96 bits per heavy atom. The maximum Gasteiger partial charge on any atom is 0.266 e. The molecule has 0 unspecified atom stereocenters. The highest BCUT2D eigenvalue weighted by atomic mass is 35.5. The number of hydrogen-bond acceptors (Lipinski definition) is 6. The zero-order chi connectivity index (χ0) is 17.1. The predicted molar refractivity (Wildman–Crippen MR) is 92.6 cm³/mol. The first-order valence-electron chi connectivity index (χ1n) is 7.76. The Morgan fingerprint density at radius 3 is 2.58 bits per heavy atom. The number of rotatable bonds is 3. The van der Waals surface area contributed by atoms with Gasteiger partial charge >= 0.3 is 0 Å². The third-order valence-corrected chi connectivity index (χ3v) is 4.28. The molecular formula is C16H17ClN6O. The van der Waals surface area contributed by atoms with Gasteiger partial charge in [-0.1, -0.05) is 11.6 Å². The van der Waals surface area contributed by atoms with Gasteiger partial charge in [-0.25, -0.2) is 9.67 Å². The van der Waals surface area contributed by atoms with Crippen LogP contribution in [0.15, 0.2) is 29.2 Å². The fourth-order valence-electron chi connectivity index (χ4n) is 2.71. The summed E-state index contributed by atoms with van der Waals surface area (Å²) in [6.45, 7) is 5.45. The highest BCUT2D eigenvalue weighted by molar-refractivity contribution is 6.33. The molecule has 0 radical (unpaired) electrons. The minimum atomic E-state index is -0.0894. The molecule has 0 aromatic carbocycles. The van der Waals surface area contributed by atoms with E-state index in [1.165, 1.54) is 10.9 Å². The van der Waals surface area contributed by atoms with E-state index in [-0.39, 0.29) is 5.56 Å². The van der Waals surface area contributed by atoms with Crippen molar-refractivity contribution in [3.8, 4) is 6.07 Å². The molecule has 1 aliphatic rings. The average molecular weight is 345 g/mol. The lowest BCUT2D eigenvalue weighted by Gasteiger charge is -2.36. The monoisotopic (exact) mass is 344 g/mol. The molecule has 0 N–H and O–H groups in total. The third kappa shape index (κ3) is 3.19. The molecule has 7 nitrogen and oxygen atoms in total. The Morgan fingerprint density at radius 1 is 1.25 bits per heavy atom. The molecule has 0 atom stereocenters. The molecule has 1 fully saturated rings. The first kappa shape index (κ1) is 16.3. The van der Waals surface area contributed by atoms with Crippen molar-refractivity contribution in [1.29, 1.82) is 5.26 Å². The fourth-order valence-corrected chi connectivity index (χ4v) is 2.99. The summed E-state index contributed by atoms with van der Waals surface area (Å²) in [5.74, 6) is 1.50. The van der Waals surface area contributed by atoms with Crippen LogP contribution in [0.2, 0.25) is 5.02 Å². The molecule has 0 aliphatic carbocycles. The Kier molecular flexibility index (Phi) is 4.67. The van der Waals surface area contributed by atoms with Crippen LogP contribution in [-0.4, -0.2) is 40.9 Å². The van der Waals surface area contributed by atoms with E-state index in [2.05, 4.69) is 19.9 Å². The van der Waals surface area contributed by atoms with Gasteiger partial charge in [0, 0.05) is 45.0 Å². The largest absolute Gasteiger partial charge is 0.352 e. The Balaban J connectivity index is 1.72. The lowest BCUT2D eigenvalue weighted by molar-refractivity contribution is 0.587. The molecule has 0 bridgehead atoms.